The van der Waals surface area contributed by atoms with Gasteiger partial charge in [0.1, 0.15) is 0 Å². The van der Waals surface area contributed by atoms with Crippen molar-refractivity contribution in [2.45, 2.75) is 25.8 Å². The van der Waals surface area contributed by atoms with Gasteiger partial charge in [-0.15, -0.1) is 11.3 Å². The first kappa shape index (κ1) is 12.3. The van der Waals surface area contributed by atoms with E-state index in [0.717, 1.165) is 25.1 Å². The number of aryl methyl sites for hydroxylation is 2. The molecule has 0 aliphatic heterocycles. The van der Waals surface area contributed by atoms with Crippen LogP contribution in [0, 0.1) is 0 Å². The summed E-state index contributed by atoms with van der Waals surface area (Å²) >= 11 is 1.83. The summed E-state index contributed by atoms with van der Waals surface area (Å²) in [6.07, 6.45) is 6.18. The molecule has 0 aliphatic carbocycles. The second kappa shape index (κ2) is 5.98. The van der Waals surface area contributed by atoms with E-state index in [1.165, 1.54) is 4.88 Å². The van der Waals surface area contributed by atoms with Gasteiger partial charge >= 0.3 is 0 Å². The first-order valence-electron chi connectivity index (χ1n) is 6.03. The molecule has 0 bridgehead atoms. The van der Waals surface area contributed by atoms with E-state index < -0.39 is 0 Å². The summed E-state index contributed by atoms with van der Waals surface area (Å²) in [5.41, 5.74) is 1.14. The molecule has 0 spiro atoms. The van der Waals surface area contributed by atoms with E-state index in [0.29, 0.717) is 6.04 Å². The van der Waals surface area contributed by atoms with Crippen molar-refractivity contribution in [2.75, 3.05) is 6.54 Å². The van der Waals surface area contributed by atoms with Crippen LogP contribution in [-0.2, 0) is 13.5 Å². The van der Waals surface area contributed by atoms with Crippen LogP contribution in [0.1, 0.15) is 30.0 Å². The Bertz CT molecular complexity index is 433. The average molecular weight is 249 g/mol. The third kappa shape index (κ3) is 3.41. The molecule has 17 heavy (non-hydrogen) atoms. The second-order valence-electron chi connectivity index (χ2n) is 4.19. The molecular formula is C13H19N3S. The van der Waals surface area contributed by atoms with Crippen molar-refractivity contribution in [1.82, 2.24) is 14.9 Å². The van der Waals surface area contributed by atoms with Gasteiger partial charge in [0.25, 0.3) is 0 Å². The number of nitrogens with zero attached hydrogens (tertiary/aromatic N) is 2. The molecule has 2 rings (SSSR count). The Morgan fingerprint density at radius 2 is 2.41 bits per heavy atom. The molecule has 3 nitrogen and oxygen atoms in total. The van der Waals surface area contributed by atoms with Crippen molar-refractivity contribution < 1.29 is 0 Å². The number of aromatic nitrogens is 2. The zero-order valence-electron chi connectivity index (χ0n) is 10.4. The van der Waals surface area contributed by atoms with Crippen LogP contribution in [-0.4, -0.2) is 16.1 Å². The highest BCUT2D eigenvalue weighted by molar-refractivity contribution is 7.09. The second-order valence-corrected chi connectivity index (χ2v) is 5.22. The molecule has 0 saturated heterocycles. The highest BCUT2D eigenvalue weighted by atomic mass is 32.1. The SMILES string of the molecule is CCNC(CCc1cccs1)c1cn(C)cn1. The summed E-state index contributed by atoms with van der Waals surface area (Å²) in [7, 11) is 2.01. The smallest absolute Gasteiger partial charge is 0.0947 e. The number of nitrogens with one attached hydrogen (secondary N) is 1. The fourth-order valence-electron chi connectivity index (χ4n) is 1.96. The minimum atomic E-state index is 0.364. The highest BCUT2D eigenvalue weighted by Crippen LogP contribution is 2.19. The Morgan fingerprint density at radius 1 is 1.53 bits per heavy atom. The van der Waals surface area contributed by atoms with Gasteiger partial charge in [0.05, 0.1) is 18.1 Å². The van der Waals surface area contributed by atoms with Crippen LogP contribution in [0.15, 0.2) is 30.0 Å². The van der Waals surface area contributed by atoms with Crippen molar-refractivity contribution in [2.24, 2.45) is 7.05 Å². The summed E-state index contributed by atoms with van der Waals surface area (Å²) < 4.78 is 2.00. The van der Waals surface area contributed by atoms with Crippen molar-refractivity contribution in [3.8, 4) is 0 Å². The highest BCUT2D eigenvalue weighted by Gasteiger charge is 2.12. The van der Waals surface area contributed by atoms with Crippen molar-refractivity contribution >= 4 is 11.3 Å². The minimum absolute atomic E-state index is 0.364. The zero-order valence-corrected chi connectivity index (χ0v) is 11.2. The van der Waals surface area contributed by atoms with Crippen molar-refractivity contribution in [3.63, 3.8) is 0 Å². The quantitative estimate of drug-likeness (QED) is 0.853. The first-order chi connectivity index (χ1) is 8.29. The van der Waals surface area contributed by atoms with Crippen molar-refractivity contribution in [1.29, 1.82) is 0 Å². The van der Waals surface area contributed by atoms with Gasteiger partial charge in [-0.3, -0.25) is 0 Å². The largest absolute Gasteiger partial charge is 0.340 e. The third-order valence-corrected chi connectivity index (χ3v) is 3.73. The van der Waals surface area contributed by atoms with Crippen LogP contribution in [0.3, 0.4) is 0 Å². The molecule has 1 N–H and O–H groups in total. The molecule has 1 atom stereocenters. The Balaban J connectivity index is 1.97. The van der Waals surface area contributed by atoms with E-state index in [1.807, 2.05) is 29.3 Å². The lowest BCUT2D eigenvalue weighted by Crippen LogP contribution is -2.21. The number of thiophene rings is 1. The summed E-state index contributed by atoms with van der Waals surface area (Å²) in [4.78, 5) is 5.89. The predicted octanol–water partition coefficient (Wildman–Crippen LogP) is 2.77. The van der Waals surface area contributed by atoms with E-state index in [1.54, 1.807) is 0 Å². The lowest BCUT2D eigenvalue weighted by Gasteiger charge is -2.15. The van der Waals surface area contributed by atoms with Gasteiger partial charge in [-0.2, -0.15) is 0 Å². The minimum Gasteiger partial charge on any atom is -0.340 e. The Kier molecular flexibility index (Phi) is 4.34. The van der Waals surface area contributed by atoms with E-state index in [4.69, 9.17) is 0 Å². The maximum atomic E-state index is 4.44. The van der Waals surface area contributed by atoms with Crippen LogP contribution < -0.4 is 5.32 Å². The van der Waals surface area contributed by atoms with Gasteiger partial charge in [0.15, 0.2) is 0 Å². The topological polar surface area (TPSA) is 29.9 Å². The molecule has 2 aromatic heterocycles. The number of imidazole rings is 1. The summed E-state index contributed by atoms with van der Waals surface area (Å²) in [5, 5.41) is 5.64. The molecule has 0 amide bonds. The van der Waals surface area contributed by atoms with Crippen LogP contribution in [0.2, 0.25) is 0 Å². The molecule has 2 heterocycles. The third-order valence-electron chi connectivity index (χ3n) is 2.79. The van der Waals surface area contributed by atoms with Crippen LogP contribution in [0.25, 0.3) is 0 Å². The van der Waals surface area contributed by atoms with Gasteiger partial charge in [-0.05, 0) is 30.8 Å². The molecule has 2 aromatic rings. The van der Waals surface area contributed by atoms with Crippen LogP contribution >= 0.6 is 11.3 Å². The maximum absolute atomic E-state index is 4.44. The zero-order chi connectivity index (χ0) is 12.1. The molecule has 0 radical (unpaired) electrons. The van der Waals surface area contributed by atoms with E-state index in [9.17, 15) is 0 Å². The van der Waals surface area contributed by atoms with Crippen molar-refractivity contribution in [3.05, 3.63) is 40.6 Å². The summed E-state index contributed by atoms with van der Waals surface area (Å²) in [6.45, 7) is 3.12. The Morgan fingerprint density at radius 3 is 3.00 bits per heavy atom. The first-order valence-corrected chi connectivity index (χ1v) is 6.91. The summed E-state index contributed by atoms with van der Waals surface area (Å²) in [5.74, 6) is 0. The Labute approximate surface area is 107 Å². The lowest BCUT2D eigenvalue weighted by molar-refractivity contribution is 0.507. The average Bonchev–Trinajstić information content (AvgIpc) is 2.95. The van der Waals surface area contributed by atoms with Crippen LogP contribution in [0.4, 0.5) is 0 Å². The van der Waals surface area contributed by atoms with Gasteiger partial charge in [-0.1, -0.05) is 13.0 Å². The molecule has 0 fully saturated rings. The van der Waals surface area contributed by atoms with E-state index in [-0.39, 0.29) is 0 Å². The molecule has 0 saturated carbocycles. The number of hydrogen-bond donors (Lipinski definition) is 1. The standard InChI is InChI=1S/C13H19N3S/c1-3-14-12(13-9-16(2)10-15-13)7-6-11-5-4-8-17-11/h4-5,8-10,12,14H,3,6-7H2,1-2H3. The monoisotopic (exact) mass is 249 g/mol. The van der Waals surface area contributed by atoms with E-state index >= 15 is 0 Å². The van der Waals surface area contributed by atoms with Gasteiger partial charge in [0, 0.05) is 18.1 Å². The van der Waals surface area contributed by atoms with Gasteiger partial charge < -0.3 is 9.88 Å². The fourth-order valence-corrected chi connectivity index (χ4v) is 2.68. The lowest BCUT2D eigenvalue weighted by atomic mass is 10.1. The molecule has 0 aromatic carbocycles. The van der Waals surface area contributed by atoms with Crippen LogP contribution in [0.5, 0.6) is 0 Å². The van der Waals surface area contributed by atoms with E-state index in [2.05, 4.69) is 40.9 Å². The molecule has 4 heteroatoms. The normalized spacial score (nSPS) is 12.8. The molecule has 0 aliphatic rings. The number of hydrogen-bond acceptors (Lipinski definition) is 3. The Hall–Kier alpha value is -1.13. The van der Waals surface area contributed by atoms with Gasteiger partial charge in [0.2, 0.25) is 0 Å². The number of rotatable bonds is 6. The molecule has 92 valence electrons. The summed E-state index contributed by atoms with van der Waals surface area (Å²) in [6, 6.07) is 4.68. The molecular weight excluding hydrogens is 230 g/mol. The maximum Gasteiger partial charge on any atom is 0.0947 e. The van der Waals surface area contributed by atoms with Gasteiger partial charge in [-0.25, -0.2) is 4.98 Å². The molecule has 1 unspecified atom stereocenters. The predicted molar refractivity (Wildman–Crippen MR) is 72.3 cm³/mol. The fraction of sp³-hybridized carbons (Fsp3) is 0.462.